The number of hydrogen-bond donors (Lipinski definition) is 3. The van der Waals surface area contributed by atoms with E-state index in [0.717, 1.165) is 5.69 Å². The van der Waals surface area contributed by atoms with Gasteiger partial charge in [-0.05, 0) is 31.2 Å². The Kier molecular flexibility index (Phi) is 5.11. The molecule has 1 aromatic rings. The molecule has 1 rings (SSSR count). The maximum atomic E-state index is 11.7. The summed E-state index contributed by atoms with van der Waals surface area (Å²) >= 11 is 0. The molecule has 17 heavy (non-hydrogen) atoms. The van der Waals surface area contributed by atoms with Crippen LogP contribution in [-0.2, 0) is 10.8 Å². The molecule has 0 spiro atoms. The second-order valence-electron chi connectivity index (χ2n) is 3.74. The van der Waals surface area contributed by atoms with Crippen LogP contribution < -0.4 is 16.6 Å². The molecule has 0 aliphatic heterocycles. The third-order valence-electron chi connectivity index (χ3n) is 2.43. The molecule has 0 saturated carbocycles. The first kappa shape index (κ1) is 13.7. The van der Waals surface area contributed by atoms with Crippen LogP contribution in [0.3, 0.4) is 0 Å². The minimum atomic E-state index is -0.929. The second-order valence-corrected chi connectivity index (χ2v) is 5.54. The van der Waals surface area contributed by atoms with Gasteiger partial charge in [0.15, 0.2) is 0 Å². The number of anilines is 1. The van der Waals surface area contributed by atoms with E-state index in [-0.39, 0.29) is 11.2 Å². The van der Waals surface area contributed by atoms with Crippen molar-refractivity contribution < 1.29 is 9.00 Å². The molecule has 0 aliphatic rings. The van der Waals surface area contributed by atoms with Gasteiger partial charge in [0.05, 0.1) is 0 Å². The van der Waals surface area contributed by atoms with Crippen LogP contribution in [0.15, 0.2) is 24.3 Å². The summed E-state index contributed by atoms with van der Waals surface area (Å²) in [6, 6.07) is 6.79. The van der Waals surface area contributed by atoms with Gasteiger partial charge >= 0.3 is 0 Å². The minimum absolute atomic E-state index is 0.0519. The van der Waals surface area contributed by atoms with Crippen LogP contribution in [-0.4, -0.2) is 28.2 Å². The van der Waals surface area contributed by atoms with Gasteiger partial charge in [0.25, 0.3) is 5.91 Å². The highest BCUT2D eigenvalue weighted by Crippen LogP contribution is 2.07. The molecular weight excluding hydrogens is 238 g/mol. The Balaban J connectivity index is 2.55. The average Bonchev–Trinajstić information content (AvgIpc) is 2.35. The molecule has 1 amide bonds. The number of nitrogens with two attached hydrogens (primary N) is 1. The number of carbonyl (C=O) groups is 1. The van der Waals surface area contributed by atoms with Crippen LogP contribution in [0.25, 0.3) is 0 Å². The first-order valence-corrected chi connectivity index (χ1v) is 6.84. The zero-order valence-electron chi connectivity index (χ0n) is 9.90. The lowest BCUT2D eigenvalue weighted by molar-refractivity contribution is 0.0954. The van der Waals surface area contributed by atoms with Crippen molar-refractivity contribution in [2.45, 2.75) is 12.2 Å². The highest BCUT2D eigenvalue weighted by molar-refractivity contribution is 7.84. The average molecular weight is 255 g/mol. The first-order chi connectivity index (χ1) is 8.04. The number of amides is 1. The molecule has 0 heterocycles. The first-order valence-electron chi connectivity index (χ1n) is 5.21. The molecular formula is C11H17N3O2S. The third-order valence-corrected chi connectivity index (χ3v) is 3.73. The van der Waals surface area contributed by atoms with E-state index in [0.29, 0.717) is 12.1 Å². The number of hydrogen-bond acceptors (Lipinski definition) is 4. The number of nitrogens with one attached hydrogen (secondary N) is 2. The molecule has 2 atom stereocenters. The van der Waals surface area contributed by atoms with Crippen molar-refractivity contribution in [3.63, 3.8) is 0 Å². The fourth-order valence-electron chi connectivity index (χ4n) is 1.17. The summed E-state index contributed by atoms with van der Waals surface area (Å²) in [7, 11) is -0.929. The number of carbonyl (C=O) groups excluding carboxylic acids is 1. The van der Waals surface area contributed by atoms with E-state index in [9.17, 15) is 9.00 Å². The van der Waals surface area contributed by atoms with E-state index < -0.39 is 10.8 Å². The summed E-state index contributed by atoms with van der Waals surface area (Å²) in [6.07, 6.45) is 1.62. The van der Waals surface area contributed by atoms with Gasteiger partial charge in [-0.3, -0.25) is 14.8 Å². The number of hydrazine groups is 1. The molecule has 0 fully saturated rings. The smallest absolute Gasteiger partial charge is 0.251 e. The Labute approximate surface area is 103 Å². The molecule has 2 unspecified atom stereocenters. The normalized spacial score (nSPS) is 13.8. The standard InChI is InChI=1S/C11H17N3O2S/c1-8(17(2)16)7-13-11(15)9-3-5-10(14-12)6-4-9/h3-6,8,14H,7,12H2,1-2H3,(H,13,15). The number of nitrogen functional groups attached to an aromatic ring is 1. The molecule has 0 radical (unpaired) electrons. The van der Waals surface area contributed by atoms with Crippen molar-refractivity contribution in [2.24, 2.45) is 5.84 Å². The third kappa shape index (κ3) is 4.16. The highest BCUT2D eigenvalue weighted by atomic mass is 32.2. The van der Waals surface area contributed by atoms with Crippen molar-refractivity contribution in [2.75, 3.05) is 18.2 Å². The summed E-state index contributed by atoms with van der Waals surface area (Å²) in [5, 5.41) is 2.68. The van der Waals surface area contributed by atoms with E-state index in [2.05, 4.69) is 10.7 Å². The fourth-order valence-corrected chi connectivity index (χ4v) is 1.49. The lowest BCUT2D eigenvalue weighted by Gasteiger charge is -2.10. The lowest BCUT2D eigenvalue weighted by atomic mass is 10.2. The van der Waals surface area contributed by atoms with Crippen LogP contribution in [0, 0.1) is 0 Å². The highest BCUT2D eigenvalue weighted by Gasteiger charge is 2.09. The minimum Gasteiger partial charge on any atom is -0.351 e. The van der Waals surface area contributed by atoms with E-state index in [4.69, 9.17) is 5.84 Å². The Bertz CT molecular complexity index is 406. The van der Waals surface area contributed by atoms with Crippen molar-refractivity contribution in [3.05, 3.63) is 29.8 Å². The summed E-state index contributed by atoms with van der Waals surface area (Å²) in [5.41, 5.74) is 3.78. The van der Waals surface area contributed by atoms with Crippen molar-refractivity contribution >= 4 is 22.4 Å². The topological polar surface area (TPSA) is 84.2 Å². The fraction of sp³-hybridized carbons (Fsp3) is 0.364. The zero-order chi connectivity index (χ0) is 12.8. The largest absolute Gasteiger partial charge is 0.351 e. The van der Waals surface area contributed by atoms with E-state index in [1.807, 2.05) is 6.92 Å². The molecule has 6 heteroatoms. The zero-order valence-corrected chi connectivity index (χ0v) is 10.7. The van der Waals surface area contributed by atoms with Gasteiger partial charge in [0.1, 0.15) is 0 Å². The van der Waals surface area contributed by atoms with E-state index >= 15 is 0 Å². The van der Waals surface area contributed by atoms with Gasteiger partial charge in [-0.2, -0.15) is 0 Å². The quantitative estimate of drug-likeness (QED) is 0.527. The molecule has 0 bridgehead atoms. The predicted molar refractivity (Wildman–Crippen MR) is 70.1 cm³/mol. The molecule has 0 aromatic heterocycles. The number of benzene rings is 1. The Hall–Kier alpha value is -1.40. The van der Waals surface area contributed by atoms with Gasteiger partial charge in [-0.25, -0.2) is 0 Å². The van der Waals surface area contributed by atoms with Crippen molar-refractivity contribution in [3.8, 4) is 0 Å². The molecule has 0 saturated heterocycles. The second kappa shape index (κ2) is 6.36. The monoisotopic (exact) mass is 255 g/mol. The van der Waals surface area contributed by atoms with Gasteiger partial charge in [-0.15, -0.1) is 0 Å². The molecule has 5 nitrogen and oxygen atoms in total. The van der Waals surface area contributed by atoms with Crippen molar-refractivity contribution in [1.82, 2.24) is 5.32 Å². The van der Waals surface area contributed by atoms with E-state index in [1.54, 1.807) is 30.5 Å². The molecule has 4 N–H and O–H groups in total. The summed E-state index contributed by atoms with van der Waals surface area (Å²) < 4.78 is 11.1. The maximum absolute atomic E-state index is 11.7. The van der Waals surface area contributed by atoms with Gasteiger partial charge in [0.2, 0.25) is 0 Å². The Morgan fingerprint density at radius 1 is 1.41 bits per heavy atom. The van der Waals surface area contributed by atoms with Crippen LogP contribution in [0.5, 0.6) is 0 Å². The Morgan fingerprint density at radius 3 is 2.47 bits per heavy atom. The lowest BCUT2D eigenvalue weighted by Crippen LogP contribution is -2.32. The maximum Gasteiger partial charge on any atom is 0.251 e. The van der Waals surface area contributed by atoms with Crippen LogP contribution in [0.2, 0.25) is 0 Å². The summed E-state index contributed by atoms with van der Waals surface area (Å²) in [4.78, 5) is 11.7. The van der Waals surface area contributed by atoms with E-state index in [1.165, 1.54) is 0 Å². The molecule has 94 valence electrons. The molecule has 1 aromatic carbocycles. The SMILES string of the molecule is CC(CNC(=O)c1ccc(NN)cc1)S(C)=O. The number of rotatable bonds is 5. The van der Waals surface area contributed by atoms with Gasteiger partial charge < -0.3 is 10.7 Å². The van der Waals surface area contributed by atoms with Gasteiger partial charge in [-0.1, -0.05) is 0 Å². The molecule has 0 aliphatic carbocycles. The van der Waals surface area contributed by atoms with Crippen LogP contribution in [0.4, 0.5) is 5.69 Å². The predicted octanol–water partition coefficient (Wildman–Crippen LogP) is 0.469. The van der Waals surface area contributed by atoms with Crippen LogP contribution >= 0.6 is 0 Å². The van der Waals surface area contributed by atoms with Crippen molar-refractivity contribution in [1.29, 1.82) is 0 Å². The van der Waals surface area contributed by atoms with Gasteiger partial charge in [0, 0.05) is 40.1 Å². The summed E-state index contributed by atoms with van der Waals surface area (Å²) in [6.45, 7) is 2.23. The summed E-state index contributed by atoms with van der Waals surface area (Å²) in [5.74, 6) is 5.05. The Morgan fingerprint density at radius 2 is 2.00 bits per heavy atom. The van der Waals surface area contributed by atoms with Crippen LogP contribution in [0.1, 0.15) is 17.3 Å².